The van der Waals surface area contributed by atoms with Crippen LogP contribution >= 0.6 is 0 Å². The number of hydrogen-bond acceptors (Lipinski definition) is 4. The van der Waals surface area contributed by atoms with Gasteiger partial charge in [-0.3, -0.25) is 4.79 Å². The summed E-state index contributed by atoms with van der Waals surface area (Å²) < 4.78 is 13.4. The van der Waals surface area contributed by atoms with Gasteiger partial charge in [-0.15, -0.1) is 0 Å². The molecule has 0 radical (unpaired) electrons. The molecule has 6 heteroatoms. The predicted octanol–water partition coefficient (Wildman–Crippen LogP) is 2.02. The molecular weight excluding hydrogens is 273 g/mol. The Balaban J connectivity index is 2.03. The first kappa shape index (κ1) is 13.4. The zero-order chi connectivity index (χ0) is 15.0. The van der Waals surface area contributed by atoms with Crippen molar-refractivity contribution in [3.63, 3.8) is 0 Å². The lowest BCUT2D eigenvalue weighted by atomic mass is 10.1. The SMILES string of the molecule is CN1CCN(C(=O)c2ncccc2O)c2ccc(F)cc21. The zero-order valence-electron chi connectivity index (χ0n) is 11.5. The minimum absolute atomic E-state index is 0.00247. The number of rotatable bonds is 1. The van der Waals surface area contributed by atoms with Gasteiger partial charge in [0.05, 0.1) is 11.4 Å². The molecule has 0 aliphatic carbocycles. The second-order valence-electron chi connectivity index (χ2n) is 4.88. The minimum atomic E-state index is -0.394. The number of aromatic hydroxyl groups is 1. The Hall–Kier alpha value is -2.63. The number of benzene rings is 1. The highest BCUT2D eigenvalue weighted by Crippen LogP contribution is 2.34. The maximum absolute atomic E-state index is 13.4. The first-order valence-electron chi connectivity index (χ1n) is 6.54. The van der Waals surface area contributed by atoms with Crippen LogP contribution in [0.2, 0.25) is 0 Å². The van der Waals surface area contributed by atoms with Crippen LogP contribution in [0.25, 0.3) is 0 Å². The van der Waals surface area contributed by atoms with Gasteiger partial charge >= 0.3 is 0 Å². The van der Waals surface area contributed by atoms with Crippen molar-refractivity contribution in [1.29, 1.82) is 0 Å². The van der Waals surface area contributed by atoms with Crippen LogP contribution in [0.5, 0.6) is 5.75 Å². The smallest absolute Gasteiger partial charge is 0.280 e. The Labute approximate surface area is 121 Å². The number of pyridine rings is 1. The number of fused-ring (bicyclic) bond motifs is 1. The first-order valence-corrected chi connectivity index (χ1v) is 6.54. The molecule has 1 aliphatic rings. The third-order valence-electron chi connectivity index (χ3n) is 3.53. The maximum atomic E-state index is 13.4. The fourth-order valence-electron chi connectivity index (χ4n) is 2.42. The van der Waals surface area contributed by atoms with Gasteiger partial charge in [-0.1, -0.05) is 0 Å². The second kappa shape index (κ2) is 5.05. The van der Waals surface area contributed by atoms with E-state index in [0.717, 1.165) is 0 Å². The normalized spacial score (nSPS) is 14.0. The number of carbonyl (C=O) groups is 1. The lowest BCUT2D eigenvalue weighted by Gasteiger charge is -2.35. The molecule has 0 unspecified atom stereocenters. The fraction of sp³-hybridized carbons (Fsp3) is 0.200. The van der Waals surface area contributed by atoms with Crippen molar-refractivity contribution in [2.45, 2.75) is 0 Å². The van der Waals surface area contributed by atoms with E-state index in [0.29, 0.717) is 24.5 Å². The van der Waals surface area contributed by atoms with E-state index in [1.165, 1.54) is 29.3 Å². The van der Waals surface area contributed by atoms with Crippen molar-refractivity contribution < 1.29 is 14.3 Å². The molecule has 5 nitrogen and oxygen atoms in total. The summed E-state index contributed by atoms with van der Waals surface area (Å²) in [6.07, 6.45) is 1.45. The highest BCUT2D eigenvalue weighted by molar-refractivity contribution is 6.08. The molecule has 0 bridgehead atoms. The van der Waals surface area contributed by atoms with Crippen LogP contribution in [0, 0.1) is 5.82 Å². The molecule has 3 rings (SSSR count). The molecule has 0 saturated heterocycles. The number of likely N-dealkylation sites (N-methyl/N-ethyl adjacent to an activating group) is 1. The largest absolute Gasteiger partial charge is 0.505 e. The van der Waals surface area contributed by atoms with E-state index < -0.39 is 5.91 Å². The van der Waals surface area contributed by atoms with Gasteiger partial charge in [-0.2, -0.15) is 0 Å². The Morgan fingerprint density at radius 1 is 1.29 bits per heavy atom. The topological polar surface area (TPSA) is 56.7 Å². The monoisotopic (exact) mass is 287 g/mol. The summed E-state index contributed by atoms with van der Waals surface area (Å²) in [4.78, 5) is 19.9. The molecule has 0 atom stereocenters. The van der Waals surface area contributed by atoms with Crippen LogP contribution < -0.4 is 9.80 Å². The summed E-state index contributed by atoms with van der Waals surface area (Å²) in [5, 5.41) is 9.78. The molecule has 0 fully saturated rings. The number of amides is 1. The molecular formula is C15H14FN3O2. The number of anilines is 2. The molecule has 0 saturated carbocycles. The van der Waals surface area contributed by atoms with Crippen molar-refractivity contribution in [2.24, 2.45) is 0 Å². The molecule has 21 heavy (non-hydrogen) atoms. The molecule has 1 aliphatic heterocycles. The van der Waals surface area contributed by atoms with Crippen LogP contribution in [-0.2, 0) is 0 Å². The van der Waals surface area contributed by atoms with E-state index in [4.69, 9.17) is 0 Å². The Kier molecular flexibility index (Phi) is 3.21. The average Bonchev–Trinajstić information content (AvgIpc) is 2.48. The first-order chi connectivity index (χ1) is 10.1. The number of carbonyl (C=O) groups excluding carboxylic acids is 1. The van der Waals surface area contributed by atoms with E-state index in [1.807, 2.05) is 11.9 Å². The third kappa shape index (κ3) is 2.29. The second-order valence-corrected chi connectivity index (χ2v) is 4.88. The number of halogens is 1. The molecule has 108 valence electrons. The molecule has 1 aromatic carbocycles. The summed E-state index contributed by atoms with van der Waals surface area (Å²) in [5.41, 5.74) is 1.25. The van der Waals surface area contributed by atoms with Crippen LogP contribution in [0.3, 0.4) is 0 Å². The highest BCUT2D eigenvalue weighted by atomic mass is 19.1. The van der Waals surface area contributed by atoms with Gasteiger partial charge < -0.3 is 14.9 Å². The quantitative estimate of drug-likeness (QED) is 0.872. The van der Waals surface area contributed by atoms with Gasteiger partial charge in [-0.05, 0) is 30.3 Å². The molecule has 1 amide bonds. The standard InChI is InChI=1S/C15H14FN3O2/c1-18-7-8-19(11-5-4-10(16)9-12(11)18)15(21)14-13(20)3-2-6-17-14/h2-6,9,20H,7-8H2,1H3. The summed E-state index contributed by atoms with van der Waals surface area (Å²) in [6.45, 7) is 1.03. The van der Waals surface area contributed by atoms with Gasteiger partial charge in [0, 0.05) is 26.3 Å². The summed E-state index contributed by atoms with van der Waals surface area (Å²) >= 11 is 0. The summed E-state index contributed by atoms with van der Waals surface area (Å²) in [7, 11) is 1.85. The minimum Gasteiger partial charge on any atom is -0.505 e. The lowest BCUT2D eigenvalue weighted by molar-refractivity contribution is 0.0979. The van der Waals surface area contributed by atoms with Crippen molar-refractivity contribution >= 4 is 17.3 Å². The molecule has 1 aromatic heterocycles. The lowest BCUT2D eigenvalue weighted by Crippen LogP contribution is -2.43. The Morgan fingerprint density at radius 3 is 2.86 bits per heavy atom. The summed E-state index contributed by atoms with van der Waals surface area (Å²) in [5.74, 6) is -0.908. The summed E-state index contributed by atoms with van der Waals surface area (Å²) in [6, 6.07) is 7.25. The molecule has 2 aromatic rings. The van der Waals surface area contributed by atoms with Gasteiger partial charge in [0.1, 0.15) is 11.6 Å². The third-order valence-corrected chi connectivity index (χ3v) is 3.53. The van der Waals surface area contributed by atoms with E-state index in [1.54, 1.807) is 12.1 Å². The van der Waals surface area contributed by atoms with Crippen LogP contribution in [0.1, 0.15) is 10.5 Å². The zero-order valence-corrected chi connectivity index (χ0v) is 11.5. The van der Waals surface area contributed by atoms with E-state index in [9.17, 15) is 14.3 Å². The van der Waals surface area contributed by atoms with Gasteiger partial charge in [-0.25, -0.2) is 9.37 Å². The average molecular weight is 287 g/mol. The van der Waals surface area contributed by atoms with Crippen molar-refractivity contribution in [1.82, 2.24) is 4.98 Å². The number of aromatic nitrogens is 1. The fourth-order valence-corrected chi connectivity index (χ4v) is 2.42. The number of nitrogens with zero attached hydrogens (tertiary/aromatic N) is 3. The number of hydrogen-bond donors (Lipinski definition) is 1. The highest BCUT2D eigenvalue weighted by Gasteiger charge is 2.28. The maximum Gasteiger partial charge on any atom is 0.280 e. The molecule has 2 heterocycles. The van der Waals surface area contributed by atoms with Gasteiger partial charge in [0.15, 0.2) is 5.69 Å². The molecule has 0 spiro atoms. The van der Waals surface area contributed by atoms with E-state index in [-0.39, 0.29) is 17.3 Å². The Bertz CT molecular complexity index is 705. The van der Waals surface area contributed by atoms with Crippen molar-refractivity contribution in [3.8, 4) is 5.75 Å². The predicted molar refractivity (Wildman–Crippen MR) is 77.2 cm³/mol. The van der Waals surface area contributed by atoms with Crippen LogP contribution in [-0.4, -0.2) is 36.1 Å². The van der Waals surface area contributed by atoms with Gasteiger partial charge in [0.25, 0.3) is 5.91 Å². The van der Waals surface area contributed by atoms with Crippen molar-refractivity contribution in [3.05, 3.63) is 48.0 Å². The Morgan fingerprint density at radius 2 is 2.10 bits per heavy atom. The van der Waals surface area contributed by atoms with E-state index in [2.05, 4.69) is 4.98 Å². The van der Waals surface area contributed by atoms with Crippen LogP contribution in [0.4, 0.5) is 15.8 Å². The van der Waals surface area contributed by atoms with E-state index >= 15 is 0 Å². The van der Waals surface area contributed by atoms with Crippen LogP contribution in [0.15, 0.2) is 36.5 Å². The van der Waals surface area contributed by atoms with Gasteiger partial charge in [0.2, 0.25) is 0 Å². The van der Waals surface area contributed by atoms with Crippen molar-refractivity contribution in [2.75, 3.05) is 29.9 Å². The molecule has 1 N–H and O–H groups in total.